The fraction of sp³-hybridized carbons (Fsp3) is 0.0513. The molecule has 0 unspecified atom stereocenters. The Hall–Kier alpha value is -5.99. The largest absolute Gasteiger partial charge is 0.490 e. The van der Waals surface area contributed by atoms with E-state index in [1.54, 1.807) is 18.6 Å². The van der Waals surface area contributed by atoms with Crippen LogP contribution in [-0.4, -0.2) is 28.2 Å². The van der Waals surface area contributed by atoms with Gasteiger partial charge in [0.2, 0.25) is 5.88 Å². The van der Waals surface area contributed by atoms with E-state index in [2.05, 4.69) is 9.97 Å². The van der Waals surface area contributed by atoms with Crippen molar-refractivity contribution in [2.75, 3.05) is 13.2 Å². The normalized spacial score (nSPS) is 10.7. The first kappa shape index (κ1) is 29.7. The van der Waals surface area contributed by atoms with Crippen molar-refractivity contribution in [3.63, 3.8) is 0 Å². The van der Waals surface area contributed by atoms with Crippen molar-refractivity contribution in [2.45, 2.75) is 0 Å². The van der Waals surface area contributed by atoms with Crippen molar-refractivity contribution in [1.82, 2.24) is 15.0 Å². The summed E-state index contributed by atoms with van der Waals surface area (Å²) in [6.45, 7) is 0.664. The Morgan fingerprint density at radius 2 is 1.19 bits per heavy atom. The van der Waals surface area contributed by atoms with Gasteiger partial charge in [0, 0.05) is 35.9 Å². The predicted octanol–water partition coefficient (Wildman–Crippen LogP) is 9.98. The maximum atomic E-state index is 6.48. The van der Waals surface area contributed by atoms with Crippen molar-refractivity contribution in [1.29, 1.82) is 0 Å². The van der Waals surface area contributed by atoms with Crippen LogP contribution in [-0.2, 0) is 0 Å². The van der Waals surface area contributed by atoms with Crippen LogP contribution >= 0.6 is 11.3 Å². The molecule has 0 atom stereocenters. The lowest BCUT2D eigenvalue weighted by atomic mass is 10.1. The van der Waals surface area contributed by atoms with E-state index in [1.165, 1.54) is 11.3 Å². The molecule has 0 bridgehead atoms. The number of para-hydroxylation sites is 2. The maximum Gasteiger partial charge on any atom is 0.282 e. The zero-order chi connectivity index (χ0) is 31.7. The molecule has 0 aliphatic heterocycles. The minimum Gasteiger partial charge on any atom is -0.490 e. The van der Waals surface area contributed by atoms with E-state index in [0.717, 1.165) is 38.4 Å². The molecule has 0 fully saturated rings. The first-order valence-corrected chi connectivity index (χ1v) is 15.9. The van der Waals surface area contributed by atoms with Crippen LogP contribution in [0.5, 0.6) is 34.1 Å². The Kier molecular flexibility index (Phi) is 9.11. The van der Waals surface area contributed by atoms with Gasteiger partial charge in [-0.05, 0) is 59.2 Å². The van der Waals surface area contributed by atoms with Crippen molar-refractivity contribution in [2.24, 2.45) is 0 Å². The molecule has 0 spiro atoms. The smallest absolute Gasteiger partial charge is 0.282 e. The summed E-state index contributed by atoms with van der Waals surface area (Å²) in [6.07, 6.45) is 7.14. The molecule has 0 aliphatic rings. The van der Waals surface area contributed by atoms with Gasteiger partial charge in [0.1, 0.15) is 29.6 Å². The van der Waals surface area contributed by atoms with Gasteiger partial charge >= 0.3 is 0 Å². The lowest BCUT2D eigenvalue weighted by Crippen LogP contribution is -2.10. The van der Waals surface area contributed by atoms with Crippen LogP contribution in [0.2, 0.25) is 0 Å². The molecule has 0 radical (unpaired) electrons. The highest BCUT2D eigenvalue weighted by Crippen LogP contribution is 2.46. The SMILES string of the molecule is c1ccc(OCCOc2c(Oc3nc(Oc4ccc(-c5cccnc5)cc4)c(-c4ccccc4)s3)cccc2-c2cccnc2)cc1. The Morgan fingerprint density at radius 1 is 0.511 bits per heavy atom. The van der Waals surface area contributed by atoms with E-state index in [9.17, 15) is 0 Å². The number of thiazole rings is 1. The van der Waals surface area contributed by atoms with Crippen LogP contribution in [0, 0.1) is 0 Å². The summed E-state index contributed by atoms with van der Waals surface area (Å²) < 4.78 is 25.1. The molecule has 0 amide bonds. The predicted molar refractivity (Wildman–Crippen MR) is 184 cm³/mol. The van der Waals surface area contributed by atoms with E-state index in [1.807, 2.05) is 134 Å². The molecule has 3 aromatic heterocycles. The molecule has 3 heterocycles. The molecule has 7 rings (SSSR count). The van der Waals surface area contributed by atoms with Crippen LogP contribution in [0.3, 0.4) is 0 Å². The van der Waals surface area contributed by atoms with Crippen molar-refractivity contribution in [3.8, 4) is 66.8 Å². The molecule has 0 N–H and O–H groups in total. The third-order valence-corrected chi connectivity index (χ3v) is 8.13. The number of pyridine rings is 2. The molecule has 0 saturated heterocycles. The topological polar surface area (TPSA) is 75.6 Å². The molecular formula is C39H29N3O4S. The number of ether oxygens (including phenoxy) is 4. The Morgan fingerprint density at radius 3 is 1.91 bits per heavy atom. The third kappa shape index (κ3) is 7.30. The summed E-state index contributed by atoms with van der Waals surface area (Å²) in [5.74, 6) is 2.98. The highest BCUT2D eigenvalue weighted by molar-refractivity contribution is 7.17. The fourth-order valence-corrected chi connectivity index (χ4v) is 5.80. The molecule has 8 heteroatoms. The first-order valence-electron chi connectivity index (χ1n) is 15.1. The number of nitrogens with zero attached hydrogens (tertiary/aromatic N) is 3. The number of benzene rings is 4. The van der Waals surface area contributed by atoms with Gasteiger partial charge in [-0.3, -0.25) is 9.97 Å². The van der Waals surface area contributed by atoms with Crippen LogP contribution in [0.15, 0.2) is 152 Å². The van der Waals surface area contributed by atoms with E-state index >= 15 is 0 Å². The van der Waals surface area contributed by atoms with Gasteiger partial charge in [-0.2, -0.15) is 4.98 Å². The average Bonchev–Trinajstić information content (AvgIpc) is 3.54. The highest BCUT2D eigenvalue weighted by atomic mass is 32.1. The second kappa shape index (κ2) is 14.4. The Bertz CT molecular complexity index is 2020. The van der Waals surface area contributed by atoms with Gasteiger partial charge in [0.05, 0.1) is 0 Å². The lowest BCUT2D eigenvalue weighted by molar-refractivity contribution is 0.213. The zero-order valence-corrected chi connectivity index (χ0v) is 26.0. The minimum atomic E-state index is 0.305. The summed E-state index contributed by atoms with van der Waals surface area (Å²) in [5.41, 5.74) is 4.80. The van der Waals surface area contributed by atoms with Crippen molar-refractivity contribution < 1.29 is 18.9 Å². The first-order chi connectivity index (χ1) is 23.3. The summed E-state index contributed by atoms with van der Waals surface area (Å²) in [6, 6.07) is 41.2. The number of hydrogen-bond donors (Lipinski definition) is 0. The molecule has 230 valence electrons. The zero-order valence-electron chi connectivity index (χ0n) is 25.2. The van der Waals surface area contributed by atoms with Crippen molar-refractivity contribution >= 4 is 11.3 Å². The van der Waals surface area contributed by atoms with Crippen LogP contribution < -0.4 is 18.9 Å². The van der Waals surface area contributed by atoms with Gasteiger partial charge in [-0.15, -0.1) is 0 Å². The summed E-state index contributed by atoms with van der Waals surface area (Å²) in [4.78, 5) is 14.2. The summed E-state index contributed by atoms with van der Waals surface area (Å²) >= 11 is 1.40. The number of hydrogen-bond acceptors (Lipinski definition) is 8. The molecule has 0 saturated carbocycles. The second-order valence-electron chi connectivity index (χ2n) is 10.3. The number of rotatable bonds is 12. The van der Waals surface area contributed by atoms with E-state index in [0.29, 0.717) is 41.5 Å². The molecule has 47 heavy (non-hydrogen) atoms. The monoisotopic (exact) mass is 635 g/mol. The fourth-order valence-electron chi connectivity index (χ4n) is 4.94. The lowest BCUT2D eigenvalue weighted by Gasteiger charge is -2.16. The maximum absolute atomic E-state index is 6.48. The Labute approximate surface area is 276 Å². The van der Waals surface area contributed by atoms with Gasteiger partial charge in [0.25, 0.3) is 5.19 Å². The molecular weight excluding hydrogens is 607 g/mol. The van der Waals surface area contributed by atoms with E-state index in [4.69, 9.17) is 23.9 Å². The van der Waals surface area contributed by atoms with Crippen LogP contribution in [0.25, 0.3) is 32.7 Å². The quantitative estimate of drug-likeness (QED) is 0.124. The number of aromatic nitrogens is 3. The van der Waals surface area contributed by atoms with Crippen molar-refractivity contribution in [3.05, 3.63) is 152 Å². The third-order valence-electron chi connectivity index (χ3n) is 7.17. The molecule has 7 nitrogen and oxygen atoms in total. The minimum absolute atomic E-state index is 0.305. The van der Waals surface area contributed by atoms with E-state index in [-0.39, 0.29) is 0 Å². The second-order valence-corrected chi connectivity index (χ2v) is 11.3. The molecule has 0 aliphatic carbocycles. The molecule has 7 aromatic rings. The Balaban J connectivity index is 1.17. The standard InChI is InChI=1S/C39H29N3O4S/c1-3-10-29(11-4-1)37-38(45-33-20-18-28(19-21-33)30-12-8-22-40-26-30)42-39(47-37)46-35-17-7-16-34(31-13-9-23-41-27-31)36(35)44-25-24-43-32-14-5-2-6-15-32/h1-23,26-27H,24-25H2. The average molecular weight is 636 g/mol. The highest BCUT2D eigenvalue weighted by Gasteiger charge is 2.20. The summed E-state index contributed by atoms with van der Waals surface area (Å²) in [5, 5.41) is 0.416. The van der Waals surface area contributed by atoms with Crippen LogP contribution in [0.4, 0.5) is 0 Å². The molecule has 4 aromatic carbocycles. The van der Waals surface area contributed by atoms with Gasteiger partial charge < -0.3 is 18.9 Å². The summed E-state index contributed by atoms with van der Waals surface area (Å²) in [7, 11) is 0. The van der Waals surface area contributed by atoms with Crippen LogP contribution in [0.1, 0.15) is 0 Å². The van der Waals surface area contributed by atoms with E-state index < -0.39 is 0 Å². The van der Waals surface area contributed by atoms with Gasteiger partial charge in [-0.25, -0.2) is 0 Å². The van der Waals surface area contributed by atoms with Gasteiger partial charge in [-0.1, -0.05) is 96.3 Å². The van der Waals surface area contributed by atoms with Gasteiger partial charge in [0.15, 0.2) is 11.5 Å².